The summed E-state index contributed by atoms with van der Waals surface area (Å²) in [5.41, 5.74) is 0. The maximum atomic E-state index is 12.9. The number of nitrogens with zero attached hydrogens (tertiary/aromatic N) is 1. The Kier molecular flexibility index (Phi) is 7.65. The molecule has 0 aromatic heterocycles. The van der Waals surface area contributed by atoms with E-state index in [1.807, 2.05) is 0 Å². The van der Waals surface area contributed by atoms with Crippen LogP contribution in [0.4, 0.5) is 0 Å². The monoisotopic (exact) mass is 355 g/mol. The molecule has 2 amide bonds. The van der Waals surface area contributed by atoms with Crippen molar-refractivity contribution in [2.24, 2.45) is 5.92 Å². The zero-order valence-electron chi connectivity index (χ0n) is 15.8. The van der Waals surface area contributed by atoms with Gasteiger partial charge in [0.25, 0.3) is 5.91 Å². The largest absolute Gasteiger partial charge is 0.347 e. The summed E-state index contributed by atoms with van der Waals surface area (Å²) in [6.45, 7) is 3.44. The highest BCUT2D eigenvalue weighted by Gasteiger charge is 2.41. The van der Waals surface area contributed by atoms with E-state index in [-0.39, 0.29) is 30.3 Å². The maximum Gasteiger partial charge on any atom is 0.250 e. The number of amides is 2. The molecule has 0 aromatic carbocycles. The third-order valence-corrected chi connectivity index (χ3v) is 5.53. The average molecular weight is 355 g/mol. The lowest BCUT2D eigenvalue weighted by Gasteiger charge is -2.44. The van der Waals surface area contributed by atoms with E-state index in [2.05, 4.69) is 10.6 Å². The van der Waals surface area contributed by atoms with Gasteiger partial charge in [0.05, 0.1) is 6.54 Å². The molecule has 0 aromatic rings. The van der Waals surface area contributed by atoms with Crippen molar-refractivity contribution in [1.29, 1.82) is 0 Å². The SMILES string of the molecule is COC(C)(OC)N(C(=O)CNC(=O)C1CCCCC1)C1CCNCC1. The number of nitrogens with one attached hydrogen (secondary N) is 2. The highest BCUT2D eigenvalue weighted by molar-refractivity contribution is 5.86. The summed E-state index contributed by atoms with van der Waals surface area (Å²) in [6.07, 6.45) is 6.91. The second kappa shape index (κ2) is 9.50. The maximum absolute atomic E-state index is 12.9. The Bertz CT molecular complexity index is 442. The molecule has 25 heavy (non-hydrogen) atoms. The van der Waals surface area contributed by atoms with E-state index >= 15 is 0 Å². The summed E-state index contributed by atoms with van der Waals surface area (Å²) in [4.78, 5) is 26.9. The minimum absolute atomic E-state index is 0.00477. The molecule has 1 saturated heterocycles. The van der Waals surface area contributed by atoms with Gasteiger partial charge in [-0.15, -0.1) is 0 Å². The van der Waals surface area contributed by atoms with Crippen LogP contribution in [0.3, 0.4) is 0 Å². The van der Waals surface area contributed by atoms with Gasteiger partial charge in [-0.1, -0.05) is 19.3 Å². The van der Waals surface area contributed by atoms with Gasteiger partial charge in [-0.2, -0.15) is 0 Å². The molecule has 1 aliphatic carbocycles. The Morgan fingerprint density at radius 1 is 1.08 bits per heavy atom. The molecule has 2 N–H and O–H groups in total. The third-order valence-electron chi connectivity index (χ3n) is 5.53. The van der Waals surface area contributed by atoms with Crippen LogP contribution in [0.5, 0.6) is 0 Å². The summed E-state index contributed by atoms with van der Waals surface area (Å²) >= 11 is 0. The van der Waals surface area contributed by atoms with Crippen LogP contribution in [-0.4, -0.2) is 62.5 Å². The molecule has 0 bridgehead atoms. The highest BCUT2D eigenvalue weighted by atomic mass is 16.7. The molecule has 1 heterocycles. The first kappa shape index (κ1) is 20.1. The van der Waals surface area contributed by atoms with Gasteiger partial charge in [-0.05, 0) is 38.8 Å². The van der Waals surface area contributed by atoms with Gasteiger partial charge >= 0.3 is 0 Å². The zero-order chi connectivity index (χ0) is 18.3. The summed E-state index contributed by atoms with van der Waals surface area (Å²) in [7, 11) is 3.07. The lowest BCUT2D eigenvalue weighted by molar-refractivity contribution is -0.285. The summed E-state index contributed by atoms with van der Waals surface area (Å²) in [6, 6.07) is 0.0326. The summed E-state index contributed by atoms with van der Waals surface area (Å²) in [5, 5.41) is 6.13. The second-order valence-electron chi connectivity index (χ2n) is 7.10. The summed E-state index contributed by atoms with van der Waals surface area (Å²) in [5.74, 6) is -1.25. The minimum atomic E-state index is -1.13. The van der Waals surface area contributed by atoms with Crippen molar-refractivity contribution >= 4 is 11.8 Å². The lowest BCUT2D eigenvalue weighted by atomic mass is 9.89. The fourth-order valence-electron chi connectivity index (χ4n) is 3.86. The fraction of sp³-hybridized carbons (Fsp3) is 0.889. The van der Waals surface area contributed by atoms with Crippen LogP contribution in [0.25, 0.3) is 0 Å². The Morgan fingerprint density at radius 3 is 2.24 bits per heavy atom. The zero-order valence-corrected chi connectivity index (χ0v) is 15.8. The van der Waals surface area contributed by atoms with Gasteiger partial charge in [0.15, 0.2) is 0 Å². The molecule has 7 nitrogen and oxygen atoms in total. The molecule has 1 saturated carbocycles. The van der Waals surface area contributed by atoms with Gasteiger partial charge in [0, 0.05) is 33.1 Å². The van der Waals surface area contributed by atoms with Crippen molar-refractivity contribution < 1.29 is 19.1 Å². The van der Waals surface area contributed by atoms with Crippen LogP contribution in [0.15, 0.2) is 0 Å². The first-order valence-corrected chi connectivity index (χ1v) is 9.42. The van der Waals surface area contributed by atoms with E-state index in [1.54, 1.807) is 11.8 Å². The number of hydrogen-bond donors (Lipinski definition) is 2. The smallest absolute Gasteiger partial charge is 0.250 e. The Morgan fingerprint density at radius 2 is 1.68 bits per heavy atom. The van der Waals surface area contributed by atoms with Gasteiger partial charge < -0.3 is 20.1 Å². The molecule has 0 atom stereocenters. The first-order chi connectivity index (χ1) is 12.0. The Labute approximate surface area is 150 Å². The van der Waals surface area contributed by atoms with Gasteiger partial charge in [-0.3, -0.25) is 14.5 Å². The molecular weight excluding hydrogens is 322 g/mol. The summed E-state index contributed by atoms with van der Waals surface area (Å²) < 4.78 is 11.0. The Balaban J connectivity index is 2.00. The lowest BCUT2D eigenvalue weighted by Crippen LogP contribution is -2.61. The molecule has 7 heteroatoms. The van der Waals surface area contributed by atoms with Crippen molar-refractivity contribution in [3.63, 3.8) is 0 Å². The van der Waals surface area contributed by atoms with E-state index in [0.717, 1.165) is 51.6 Å². The van der Waals surface area contributed by atoms with Crippen molar-refractivity contribution in [3.8, 4) is 0 Å². The van der Waals surface area contributed by atoms with Crippen molar-refractivity contribution in [2.45, 2.75) is 63.8 Å². The number of ether oxygens (including phenoxy) is 2. The molecule has 2 fully saturated rings. The van der Waals surface area contributed by atoms with Crippen molar-refractivity contribution in [3.05, 3.63) is 0 Å². The minimum Gasteiger partial charge on any atom is -0.347 e. The number of piperidine rings is 1. The Hall–Kier alpha value is -1.18. The predicted molar refractivity (Wildman–Crippen MR) is 94.7 cm³/mol. The van der Waals surface area contributed by atoms with Gasteiger partial charge in [0.1, 0.15) is 0 Å². The van der Waals surface area contributed by atoms with E-state index in [1.165, 1.54) is 20.6 Å². The van der Waals surface area contributed by atoms with Crippen molar-refractivity contribution in [2.75, 3.05) is 33.9 Å². The second-order valence-corrected chi connectivity index (χ2v) is 7.10. The molecule has 0 spiro atoms. The number of rotatable bonds is 7. The molecular formula is C18H33N3O4. The van der Waals surface area contributed by atoms with Crippen LogP contribution >= 0.6 is 0 Å². The molecule has 2 rings (SSSR count). The average Bonchev–Trinajstić information content (AvgIpc) is 2.67. The number of carbonyl (C=O) groups excluding carboxylic acids is 2. The van der Waals surface area contributed by atoms with Crippen LogP contribution in [0.1, 0.15) is 51.9 Å². The number of methoxy groups -OCH3 is 2. The van der Waals surface area contributed by atoms with E-state index in [9.17, 15) is 9.59 Å². The topological polar surface area (TPSA) is 79.9 Å². The highest BCUT2D eigenvalue weighted by Crippen LogP contribution is 2.26. The van der Waals surface area contributed by atoms with Crippen LogP contribution in [0.2, 0.25) is 0 Å². The molecule has 0 radical (unpaired) electrons. The third kappa shape index (κ3) is 5.15. The van der Waals surface area contributed by atoms with Crippen molar-refractivity contribution in [1.82, 2.24) is 15.5 Å². The predicted octanol–water partition coefficient (Wildman–Crippen LogP) is 1.23. The van der Waals surface area contributed by atoms with Crippen LogP contribution < -0.4 is 10.6 Å². The van der Waals surface area contributed by atoms with Crippen LogP contribution in [0, 0.1) is 5.92 Å². The van der Waals surface area contributed by atoms with Crippen LogP contribution in [-0.2, 0) is 19.1 Å². The fourth-order valence-corrected chi connectivity index (χ4v) is 3.86. The number of carbonyl (C=O) groups is 2. The molecule has 2 aliphatic rings. The van der Waals surface area contributed by atoms with Gasteiger partial charge in [0.2, 0.25) is 11.8 Å². The molecule has 144 valence electrons. The molecule has 0 unspecified atom stereocenters. The van der Waals surface area contributed by atoms with Gasteiger partial charge in [-0.25, -0.2) is 0 Å². The van der Waals surface area contributed by atoms with E-state index in [0.29, 0.717) is 0 Å². The first-order valence-electron chi connectivity index (χ1n) is 9.42. The standard InChI is InChI=1S/C18H33N3O4/c1-18(24-2,25-3)21(15-9-11-19-12-10-15)16(22)13-20-17(23)14-7-5-4-6-8-14/h14-15,19H,4-13H2,1-3H3,(H,20,23). The van der Waals surface area contributed by atoms with E-state index in [4.69, 9.17) is 9.47 Å². The normalized spacial score (nSPS) is 20.3. The number of hydrogen-bond acceptors (Lipinski definition) is 5. The molecule has 1 aliphatic heterocycles. The quantitative estimate of drug-likeness (QED) is 0.672. The van der Waals surface area contributed by atoms with E-state index < -0.39 is 5.91 Å².